The maximum Gasteiger partial charge on any atom is 2.00 e. The molecule has 0 unspecified atom stereocenters. The first-order valence-corrected chi connectivity index (χ1v) is 3.90. The van der Waals surface area contributed by atoms with E-state index in [0.717, 1.165) is 6.42 Å². The summed E-state index contributed by atoms with van der Waals surface area (Å²) in [7, 11) is 0. The van der Waals surface area contributed by atoms with Crippen LogP contribution in [0.1, 0.15) is 45.4 Å². The van der Waals surface area contributed by atoms with Crippen LogP contribution < -0.4 is 24.8 Å². The van der Waals surface area contributed by atoms with Crippen molar-refractivity contribution in [3.8, 4) is 0 Å². The second kappa shape index (κ2) is 23.0. The fraction of sp³-hybridized carbons (Fsp3) is 0.875. The van der Waals surface area contributed by atoms with Crippen LogP contribution in [-0.2, 0) is 0 Å². The third kappa shape index (κ3) is 22.6. The van der Waals surface area contributed by atoms with Crippen molar-refractivity contribution in [3.05, 3.63) is 0 Å². The van der Waals surface area contributed by atoms with Gasteiger partial charge in [0.2, 0.25) is 0 Å². The van der Waals surface area contributed by atoms with Crippen molar-refractivity contribution in [2.75, 3.05) is 0 Å². The summed E-state index contributed by atoms with van der Waals surface area (Å²) < 4.78 is 0. The van der Waals surface area contributed by atoms with Crippen LogP contribution >= 0.6 is 0 Å². The summed E-state index contributed by atoms with van der Waals surface area (Å²) >= 11 is 0. The second-order valence-electron chi connectivity index (χ2n) is 2.41. The summed E-state index contributed by atoms with van der Waals surface area (Å²) in [5.74, 6) is 0. The monoisotopic (exact) mass is 285 g/mol. The number of nitrogens with one attached hydrogen (secondary N) is 1. The molecular formula is C8H17Cl2NSr. The molecule has 12 heavy (non-hydrogen) atoms. The molecule has 0 amide bonds. The molecule has 0 rings (SSSR count). The maximum absolute atomic E-state index is 6.76. The van der Waals surface area contributed by atoms with Crippen LogP contribution in [0.2, 0.25) is 0 Å². The minimum atomic E-state index is 0. The van der Waals surface area contributed by atoms with Crippen molar-refractivity contribution >= 4 is 51.7 Å². The van der Waals surface area contributed by atoms with E-state index in [1.165, 1.54) is 38.3 Å². The van der Waals surface area contributed by atoms with E-state index in [9.17, 15) is 0 Å². The Morgan fingerprint density at radius 1 is 1.00 bits per heavy atom. The van der Waals surface area contributed by atoms with Gasteiger partial charge in [0.05, 0.1) is 0 Å². The normalized spacial score (nSPS) is 7.08. The number of halogens is 2. The smallest absolute Gasteiger partial charge is 1.00 e. The van der Waals surface area contributed by atoms with Gasteiger partial charge in [-0.05, 0) is 19.1 Å². The van der Waals surface area contributed by atoms with E-state index in [-0.39, 0.29) is 70.3 Å². The van der Waals surface area contributed by atoms with Gasteiger partial charge in [-0.15, -0.1) is 0 Å². The van der Waals surface area contributed by atoms with Crippen LogP contribution in [0, 0.1) is 5.41 Å². The molecule has 1 nitrogen and oxygen atoms in total. The zero-order chi connectivity index (χ0) is 6.95. The topological polar surface area (TPSA) is 23.9 Å². The SMILES string of the molecule is CCCCCCCC=N.[Cl-].[Cl-].[Sr+2]. The molecule has 0 atom stereocenters. The summed E-state index contributed by atoms with van der Waals surface area (Å²) in [5, 5.41) is 6.76. The molecule has 0 aliphatic heterocycles. The van der Waals surface area contributed by atoms with Gasteiger partial charge in [0, 0.05) is 0 Å². The molecule has 0 radical (unpaired) electrons. The molecule has 0 bridgehead atoms. The zero-order valence-electron chi connectivity index (χ0n) is 7.78. The van der Waals surface area contributed by atoms with Gasteiger partial charge in [-0.2, -0.15) is 0 Å². The molecule has 0 spiro atoms. The maximum atomic E-state index is 6.76. The van der Waals surface area contributed by atoms with Crippen molar-refractivity contribution in [1.82, 2.24) is 0 Å². The Morgan fingerprint density at radius 3 is 1.92 bits per heavy atom. The third-order valence-electron chi connectivity index (χ3n) is 1.45. The molecule has 0 saturated carbocycles. The average molecular weight is 286 g/mol. The van der Waals surface area contributed by atoms with Gasteiger partial charge in [0.1, 0.15) is 0 Å². The Morgan fingerprint density at radius 2 is 1.50 bits per heavy atom. The van der Waals surface area contributed by atoms with Crippen LogP contribution in [0.4, 0.5) is 0 Å². The molecular weight excluding hydrogens is 269 g/mol. The van der Waals surface area contributed by atoms with E-state index in [1.54, 1.807) is 0 Å². The third-order valence-corrected chi connectivity index (χ3v) is 1.45. The molecule has 4 heteroatoms. The molecule has 0 aliphatic carbocycles. The largest absolute Gasteiger partial charge is 2.00 e. The summed E-state index contributed by atoms with van der Waals surface area (Å²) in [6.45, 7) is 2.22. The van der Waals surface area contributed by atoms with E-state index in [2.05, 4.69) is 6.92 Å². The summed E-state index contributed by atoms with van der Waals surface area (Å²) in [6.07, 6.45) is 9.02. The van der Waals surface area contributed by atoms with Crippen molar-refractivity contribution < 1.29 is 24.8 Å². The number of hydrogen-bond acceptors (Lipinski definition) is 1. The van der Waals surface area contributed by atoms with Crippen LogP contribution in [0.15, 0.2) is 0 Å². The van der Waals surface area contributed by atoms with Crippen molar-refractivity contribution in [1.29, 1.82) is 5.41 Å². The van der Waals surface area contributed by atoms with Gasteiger partial charge < -0.3 is 30.2 Å². The van der Waals surface area contributed by atoms with Gasteiger partial charge in [0.15, 0.2) is 0 Å². The van der Waals surface area contributed by atoms with E-state index in [0.29, 0.717) is 0 Å². The summed E-state index contributed by atoms with van der Waals surface area (Å²) in [4.78, 5) is 0. The predicted octanol–water partition coefficient (Wildman–Crippen LogP) is -3.38. The molecule has 0 heterocycles. The van der Waals surface area contributed by atoms with Gasteiger partial charge in [0.25, 0.3) is 0 Å². The minimum absolute atomic E-state index is 0. The average Bonchev–Trinajstić information content (AvgIpc) is 1.89. The van der Waals surface area contributed by atoms with Crippen LogP contribution in [-0.4, -0.2) is 51.7 Å². The van der Waals surface area contributed by atoms with Crippen molar-refractivity contribution in [3.63, 3.8) is 0 Å². The van der Waals surface area contributed by atoms with Crippen LogP contribution in [0.3, 0.4) is 0 Å². The quantitative estimate of drug-likeness (QED) is 0.299. The van der Waals surface area contributed by atoms with Gasteiger partial charge in [-0.25, -0.2) is 0 Å². The zero-order valence-corrected chi connectivity index (χ0v) is 12.8. The van der Waals surface area contributed by atoms with Gasteiger partial charge in [-0.1, -0.05) is 32.6 Å². The fourth-order valence-corrected chi connectivity index (χ4v) is 0.850. The van der Waals surface area contributed by atoms with Crippen molar-refractivity contribution in [2.24, 2.45) is 0 Å². The summed E-state index contributed by atoms with van der Waals surface area (Å²) in [6, 6.07) is 0. The number of unbranched alkanes of at least 4 members (excludes halogenated alkanes) is 5. The molecule has 0 aromatic carbocycles. The Kier molecular flexibility index (Phi) is 45.0. The molecule has 0 fully saturated rings. The van der Waals surface area contributed by atoms with Crippen molar-refractivity contribution in [2.45, 2.75) is 45.4 Å². The van der Waals surface area contributed by atoms with E-state index in [1.807, 2.05) is 0 Å². The fourth-order valence-electron chi connectivity index (χ4n) is 0.850. The van der Waals surface area contributed by atoms with Crippen LogP contribution in [0.25, 0.3) is 0 Å². The van der Waals surface area contributed by atoms with E-state index in [4.69, 9.17) is 5.41 Å². The predicted molar refractivity (Wildman–Crippen MR) is 47.9 cm³/mol. The first-order chi connectivity index (χ1) is 4.41. The molecule has 70 valence electrons. The number of rotatable bonds is 6. The second-order valence-corrected chi connectivity index (χ2v) is 2.41. The Labute approximate surface area is 126 Å². The molecule has 0 aliphatic rings. The molecule has 0 aromatic rings. The standard InChI is InChI=1S/C8H17N.2ClH.Sr/c1-2-3-4-5-6-7-8-9;;;/h8-9H,2-7H2,1H3;2*1H;/q;;;+2/p-2. The Balaban J connectivity index is -0.000000107. The Hall–Kier alpha value is 1.73. The first kappa shape index (κ1) is 23.5. The molecule has 1 N–H and O–H groups in total. The minimum Gasteiger partial charge on any atom is -1.00 e. The number of hydrogen-bond donors (Lipinski definition) is 1. The van der Waals surface area contributed by atoms with E-state index >= 15 is 0 Å². The van der Waals surface area contributed by atoms with E-state index < -0.39 is 0 Å². The first-order valence-electron chi connectivity index (χ1n) is 3.90. The summed E-state index contributed by atoms with van der Waals surface area (Å²) in [5.41, 5.74) is 0. The molecule has 0 saturated heterocycles. The Bertz CT molecular complexity index is 72.1. The van der Waals surface area contributed by atoms with Crippen LogP contribution in [0.5, 0.6) is 0 Å². The van der Waals surface area contributed by atoms with Gasteiger partial charge in [-0.3, -0.25) is 0 Å². The van der Waals surface area contributed by atoms with Gasteiger partial charge >= 0.3 is 45.5 Å². The molecule has 0 aromatic heterocycles.